The molecule has 1 saturated carbocycles. The van der Waals surface area contributed by atoms with Gasteiger partial charge in [-0.2, -0.15) is 5.10 Å². The van der Waals surface area contributed by atoms with Crippen LogP contribution in [0.4, 0.5) is 10.5 Å². The van der Waals surface area contributed by atoms with Crippen LogP contribution in [-0.4, -0.2) is 33.2 Å². The van der Waals surface area contributed by atoms with Gasteiger partial charge in [-0.05, 0) is 79.5 Å². The summed E-state index contributed by atoms with van der Waals surface area (Å²) >= 11 is 0. The van der Waals surface area contributed by atoms with Gasteiger partial charge in [-0.3, -0.25) is 0 Å². The number of fused-ring (bicyclic) bond motifs is 3. The van der Waals surface area contributed by atoms with Gasteiger partial charge in [0.1, 0.15) is 4.90 Å². The summed E-state index contributed by atoms with van der Waals surface area (Å²) in [6, 6.07) is 1.86. The Labute approximate surface area is 188 Å². The molecular weight excluding hydrogens is 426 g/mol. The third kappa shape index (κ3) is 3.56. The van der Waals surface area contributed by atoms with Crippen molar-refractivity contribution in [2.45, 2.75) is 69.2 Å². The highest BCUT2D eigenvalue weighted by molar-refractivity contribution is 7.92. The van der Waals surface area contributed by atoms with Gasteiger partial charge in [0.2, 0.25) is 5.88 Å². The van der Waals surface area contributed by atoms with Crippen molar-refractivity contribution in [2.24, 2.45) is 10.3 Å². The van der Waals surface area contributed by atoms with E-state index in [9.17, 15) is 9.00 Å². The van der Waals surface area contributed by atoms with Crippen molar-refractivity contribution in [3.05, 3.63) is 34.5 Å². The maximum absolute atomic E-state index is 14.0. The topological polar surface area (TPSA) is 97.6 Å². The molecule has 4 aliphatic rings. The molecule has 9 heteroatoms. The Morgan fingerprint density at radius 1 is 1.16 bits per heavy atom. The third-order valence-electron chi connectivity index (χ3n) is 6.96. The van der Waals surface area contributed by atoms with Gasteiger partial charge in [0, 0.05) is 18.7 Å². The van der Waals surface area contributed by atoms with E-state index in [0.717, 1.165) is 63.5 Å². The molecule has 0 spiro atoms. The number of hydrogen-bond donors (Lipinski definition) is 2. The number of nitrogens with zero attached hydrogens (tertiary/aromatic N) is 3. The number of urea groups is 1. The van der Waals surface area contributed by atoms with Crippen LogP contribution in [0.1, 0.15) is 54.4 Å². The molecule has 1 atom stereocenters. The van der Waals surface area contributed by atoms with E-state index in [2.05, 4.69) is 25.6 Å². The van der Waals surface area contributed by atoms with Crippen LogP contribution in [0.2, 0.25) is 0 Å². The van der Waals surface area contributed by atoms with Crippen LogP contribution in [-0.2, 0) is 42.1 Å². The van der Waals surface area contributed by atoms with Crippen LogP contribution in [0.15, 0.2) is 21.5 Å². The zero-order chi connectivity index (χ0) is 21.7. The normalized spacial score (nSPS) is 20.5. The van der Waals surface area contributed by atoms with Gasteiger partial charge in [0.25, 0.3) is 0 Å². The van der Waals surface area contributed by atoms with Gasteiger partial charge in [0.05, 0.1) is 19.3 Å². The van der Waals surface area contributed by atoms with E-state index in [-0.39, 0.29) is 0 Å². The minimum atomic E-state index is -3.21. The van der Waals surface area contributed by atoms with E-state index in [0.29, 0.717) is 36.4 Å². The monoisotopic (exact) mass is 455 g/mol. The second kappa shape index (κ2) is 7.79. The summed E-state index contributed by atoms with van der Waals surface area (Å²) < 4.78 is 28.8. The Morgan fingerprint density at radius 3 is 2.62 bits per heavy atom. The molecular formula is C23H29N5O3S. The predicted molar refractivity (Wildman–Crippen MR) is 121 cm³/mol. The van der Waals surface area contributed by atoms with Gasteiger partial charge in [-0.15, -0.1) is 0 Å². The number of anilines is 1. The summed E-state index contributed by atoms with van der Waals surface area (Å²) in [7, 11) is -3.21. The molecule has 0 radical (unpaired) electrons. The van der Waals surface area contributed by atoms with Crippen LogP contribution >= 0.6 is 0 Å². The lowest BCUT2D eigenvalue weighted by Crippen LogP contribution is -2.35. The Balaban J connectivity index is 1.32. The molecule has 0 saturated heterocycles. The largest absolute Gasteiger partial charge is 0.477 e. The third-order valence-corrected chi connectivity index (χ3v) is 8.82. The molecule has 2 heterocycles. The fourth-order valence-corrected chi connectivity index (χ4v) is 6.76. The molecule has 1 aromatic carbocycles. The highest BCUT2D eigenvalue weighted by Crippen LogP contribution is 2.39. The van der Waals surface area contributed by atoms with Gasteiger partial charge < -0.3 is 10.1 Å². The molecule has 1 aliphatic heterocycles. The van der Waals surface area contributed by atoms with Gasteiger partial charge in [-0.25, -0.2) is 22.8 Å². The number of carbonyl (C=O) groups excluding carboxylic acids is 1. The predicted octanol–water partition coefficient (Wildman–Crippen LogP) is 3.62. The van der Waals surface area contributed by atoms with Gasteiger partial charge >= 0.3 is 6.03 Å². The molecule has 2 amide bonds. The van der Waals surface area contributed by atoms with Crippen molar-refractivity contribution < 1.29 is 13.7 Å². The maximum Gasteiger partial charge on any atom is 0.331 e. The molecule has 1 unspecified atom stereocenters. The molecule has 1 fully saturated rings. The van der Waals surface area contributed by atoms with Crippen molar-refractivity contribution in [1.82, 2.24) is 14.5 Å². The average Bonchev–Trinajstić information content (AvgIpc) is 3.17. The molecule has 3 aliphatic carbocycles. The van der Waals surface area contributed by atoms with Crippen LogP contribution in [0.3, 0.4) is 0 Å². The summed E-state index contributed by atoms with van der Waals surface area (Å²) in [6.45, 7) is 1.73. The minimum absolute atomic E-state index is 0.372. The summed E-state index contributed by atoms with van der Waals surface area (Å²) in [5, 5.41) is 7.42. The average molecular weight is 456 g/mol. The number of benzene rings is 1. The Morgan fingerprint density at radius 2 is 1.91 bits per heavy atom. The van der Waals surface area contributed by atoms with Crippen molar-refractivity contribution in [3.63, 3.8) is 0 Å². The minimum Gasteiger partial charge on any atom is -0.477 e. The first-order chi connectivity index (χ1) is 15.6. The SMILES string of the molecule is O=C(Nc1c2c(cc3c1CCC3)CCC2)NS(=O)(=NCC1CC1)c1cnn2c1OCCC2. The standard InChI is InChI=1S/C23H29N5O3S/c29-23(26-21-18-6-1-4-16(18)12-17-5-2-7-19(17)21)27-32(30,25-13-15-8-9-15)20-14-24-28-10-3-11-31-22(20)28/h12,14-15H,1-11,13H2,(H2,25,26,27,29,30). The molecule has 8 nitrogen and oxygen atoms in total. The summed E-state index contributed by atoms with van der Waals surface area (Å²) in [4.78, 5) is 13.6. The lowest BCUT2D eigenvalue weighted by atomic mass is 9.99. The second-order valence-electron chi connectivity index (χ2n) is 9.31. The quantitative estimate of drug-likeness (QED) is 0.720. The lowest BCUT2D eigenvalue weighted by Gasteiger charge is -2.19. The van der Waals surface area contributed by atoms with E-state index < -0.39 is 15.9 Å². The van der Waals surface area contributed by atoms with Crippen molar-refractivity contribution >= 4 is 21.6 Å². The van der Waals surface area contributed by atoms with E-state index in [1.165, 1.54) is 28.5 Å². The molecule has 0 bridgehead atoms. The first kappa shape index (κ1) is 20.1. The molecule has 2 aromatic rings. The fourth-order valence-electron chi connectivity index (χ4n) is 5.13. The second-order valence-corrected chi connectivity index (χ2v) is 11.3. The first-order valence-corrected chi connectivity index (χ1v) is 13.3. The molecule has 1 aromatic heterocycles. The number of hydrogen-bond acceptors (Lipinski definition) is 5. The summed E-state index contributed by atoms with van der Waals surface area (Å²) in [5.41, 5.74) is 6.11. The molecule has 6 rings (SSSR count). The maximum atomic E-state index is 14.0. The zero-order valence-electron chi connectivity index (χ0n) is 18.2. The summed E-state index contributed by atoms with van der Waals surface area (Å²) in [5.74, 6) is 0.913. The lowest BCUT2D eigenvalue weighted by molar-refractivity contribution is 0.224. The number of aryl methyl sites for hydroxylation is 3. The van der Waals surface area contributed by atoms with Crippen LogP contribution in [0.5, 0.6) is 5.88 Å². The number of rotatable bonds is 5. The molecule has 2 N–H and O–H groups in total. The molecule has 32 heavy (non-hydrogen) atoms. The first-order valence-electron chi connectivity index (χ1n) is 11.8. The van der Waals surface area contributed by atoms with E-state index in [4.69, 9.17) is 4.74 Å². The van der Waals surface area contributed by atoms with E-state index in [1.807, 2.05) is 0 Å². The number of aromatic nitrogens is 2. The molecule has 170 valence electrons. The van der Waals surface area contributed by atoms with Gasteiger partial charge in [0.15, 0.2) is 9.92 Å². The number of nitrogens with one attached hydrogen (secondary N) is 2. The van der Waals surface area contributed by atoms with E-state index in [1.54, 1.807) is 4.68 Å². The van der Waals surface area contributed by atoms with Crippen LogP contribution in [0.25, 0.3) is 0 Å². The van der Waals surface area contributed by atoms with Crippen molar-refractivity contribution in [1.29, 1.82) is 0 Å². The zero-order valence-corrected chi connectivity index (χ0v) is 19.0. The highest BCUT2D eigenvalue weighted by Gasteiger charge is 2.30. The Kier molecular flexibility index (Phi) is 4.89. The fraction of sp³-hybridized carbons (Fsp3) is 0.565. The number of ether oxygens (including phenoxy) is 1. The van der Waals surface area contributed by atoms with Crippen LogP contribution in [0, 0.1) is 5.92 Å². The summed E-state index contributed by atoms with van der Waals surface area (Å²) in [6.07, 6.45) is 10.9. The van der Waals surface area contributed by atoms with Crippen molar-refractivity contribution in [3.8, 4) is 5.88 Å². The smallest absolute Gasteiger partial charge is 0.331 e. The van der Waals surface area contributed by atoms with Gasteiger partial charge in [-0.1, -0.05) is 6.07 Å². The number of amides is 2. The van der Waals surface area contributed by atoms with Crippen LogP contribution < -0.4 is 14.8 Å². The Bertz CT molecular complexity index is 1170. The Hall–Kier alpha value is -2.55. The number of carbonyl (C=O) groups is 1. The van der Waals surface area contributed by atoms with E-state index >= 15 is 0 Å². The highest BCUT2D eigenvalue weighted by atomic mass is 32.2. The van der Waals surface area contributed by atoms with Crippen molar-refractivity contribution in [2.75, 3.05) is 18.5 Å².